The third-order valence-electron chi connectivity index (χ3n) is 5.31. The first-order chi connectivity index (χ1) is 15.7. The van der Waals surface area contributed by atoms with Crippen LogP contribution in [0.25, 0.3) is 0 Å². The predicted molar refractivity (Wildman–Crippen MR) is 119 cm³/mol. The second-order valence-electron chi connectivity index (χ2n) is 7.48. The van der Waals surface area contributed by atoms with Gasteiger partial charge in [-0.3, -0.25) is 9.59 Å². The van der Waals surface area contributed by atoms with E-state index in [1.807, 2.05) is 0 Å². The number of esters is 2. The van der Waals surface area contributed by atoms with Crippen LogP contribution in [0.2, 0.25) is 0 Å². The molecule has 0 spiro atoms. The summed E-state index contributed by atoms with van der Waals surface area (Å²) in [7, 11) is -2.25. The Kier molecular flexibility index (Phi) is 10.3. The van der Waals surface area contributed by atoms with Crippen LogP contribution >= 0.6 is 0 Å². The maximum Gasteiger partial charge on any atom is 0.338 e. The lowest BCUT2D eigenvalue weighted by molar-refractivity contribution is -0.151. The van der Waals surface area contributed by atoms with Crippen LogP contribution < -0.4 is 0 Å². The summed E-state index contributed by atoms with van der Waals surface area (Å²) in [6, 6.07) is 5.60. The molecule has 10 nitrogen and oxygen atoms in total. The topological polar surface area (TPSA) is 120 Å². The molecule has 1 heterocycles. The molecule has 184 valence electrons. The first-order valence-electron chi connectivity index (χ1n) is 10.9. The fourth-order valence-corrected chi connectivity index (χ4v) is 5.03. The average molecular weight is 485 g/mol. The standard InChI is InChI=1S/C22H32N2O8S/c1-4-31-20(25)16-23(14-15-30-3)21(26)17-10-12-24(13-11-17)33(28,29)19-8-6-18(7-9-19)22(27)32-5-2/h6-9,17H,4-5,10-16H2,1-3H3. The van der Waals surface area contributed by atoms with E-state index in [0.717, 1.165) is 0 Å². The molecule has 1 aliphatic rings. The number of methoxy groups -OCH3 is 1. The summed E-state index contributed by atoms with van der Waals surface area (Å²) in [4.78, 5) is 38.1. The second kappa shape index (κ2) is 12.7. The molecule has 0 N–H and O–H groups in total. The summed E-state index contributed by atoms with van der Waals surface area (Å²) in [6.45, 7) is 4.56. The van der Waals surface area contributed by atoms with Crippen molar-refractivity contribution in [3.8, 4) is 0 Å². The molecular weight excluding hydrogens is 452 g/mol. The third-order valence-corrected chi connectivity index (χ3v) is 7.22. The lowest BCUT2D eigenvalue weighted by Crippen LogP contribution is -2.46. The summed E-state index contributed by atoms with van der Waals surface area (Å²) in [5, 5.41) is 0. The zero-order valence-corrected chi connectivity index (χ0v) is 20.1. The van der Waals surface area contributed by atoms with Crippen molar-refractivity contribution < 1.29 is 37.0 Å². The van der Waals surface area contributed by atoms with E-state index >= 15 is 0 Å². The number of carbonyl (C=O) groups is 3. The van der Waals surface area contributed by atoms with E-state index in [1.54, 1.807) is 13.8 Å². The van der Waals surface area contributed by atoms with Crippen molar-refractivity contribution in [1.29, 1.82) is 0 Å². The van der Waals surface area contributed by atoms with E-state index in [4.69, 9.17) is 14.2 Å². The Morgan fingerprint density at radius 1 is 1.03 bits per heavy atom. The summed E-state index contributed by atoms with van der Waals surface area (Å²) in [6.07, 6.45) is 0.677. The number of hydrogen-bond donors (Lipinski definition) is 0. The number of carbonyl (C=O) groups excluding carboxylic acids is 3. The van der Waals surface area contributed by atoms with E-state index < -0.39 is 27.9 Å². The maximum atomic E-state index is 13.0. The molecular formula is C22H32N2O8S. The molecule has 1 aromatic rings. The van der Waals surface area contributed by atoms with Crippen LogP contribution in [0, 0.1) is 5.92 Å². The number of ether oxygens (including phenoxy) is 3. The number of piperidine rings is 1. The van der Waals surface area contributed by atoms with E-state index in [0.29, 0.717) is 12.8 Å². The van der Waals surface area contributed by atoms with Gasteiger partial charge in [0.2, 0.25) is 15.9 Å². The maximum absolute atomic E-state index is 13.0. The molecule has 1 saturated heterocycles. The largest absolute Gasteiger partial charge is 0.465 e. The molecule has 0 radical (unpaired) electrons. The van der Waals surface area contributed by atoms with Crippen LogP contribution in [0.1, 0.15) is 37.0 Å². The van der Waals surface area contributed by atoms with Crippen LogP contribution in [0.4, 0.5) is 0 Å². The normalized spacial score (nSPS) is 15.1. The molecule has 0 unspecified atom stereocenters. The summed E-state index contributed by atoms with van der Waals surface area (Å²) in [5.74, 6) is -1.61. The Morgan fingerprint density at radius 2 is 1.64 bits per heavy atom. The molecule has 11 heteroatoms. The fourth-order valence-electron chi connectivity index (χ4n) is 3.56. The highest BCUT2D eigenvalue weighted by atomic mass is 32.2. The predicted octanol–water partition coefficient (Wildman–Crippen LogP) is 1.30. The minimum Gasteiger partial charge on any atom is -0.465 e. The number of amides is 1. The quantitative estimate of drug-likeness (QED) is 0.431. The van der Waals surface area contributed by atoms with Gasteiger partial charge in [-0.05, 0) is 51.0 Å². The van der Waals surface area contributed by atoms with E-state index in [-0.39, 0.29) is 62.4 Å². The number of benzene rings is 1. The van der Waals surface area contributed by atoms with Crippen molar-refractivity contribution in [2.75, 3.05) is 53.1 Å². The second-order valence-corrected chi connectivity index (χ2v) is 9.42. The molecule has 0 atom stereocenters. The number of nitrogens with zero attached hydrogens (tertiary/aromatic N) is 2. The molecule has 1 aromatic carbocycles. The van der Waals surface area contributed by atoms with Gasteiger partial charge in [-0.1, -0.05) is 0 Å². The number of sulfonamides is 1. The smallest absolute Gasteiger partial charge is 0.338 e. The molecule has 0 aliphatic carbocycles. The van der Waals surface area contributed by atoms with E-state index in [9.17, 15) is 22.8 Å². The first kappa shape index (κ1) is 26.7. The van der Waals surface area contributed by atoms with E-state index in [1.165, 1.54) is 40.6 Å². The zero-order chi connectivity index (χ0) is 24.4. The van der Waals surface area contributed by atoms with Gasteiger partial charge in [-0.2, -0.15) is 4.31 Å². The van der Waals surface area contributed by atoms with Gasteiger partial charge in [0.1, 0.15) is 6.54 Å². The minimum atomic E-state index is -3.76. The highest BCUT2D eigenvalue weighted by Gasteiger charge is 2.34. The van der Waals surface area contributed by atoms with Crippen molar-refractivity contribution in [3.05, 3.63) is 29.8 Å². The van der Waals surface area contributed by atoms with Crippen LogP contribution in [0.15, 0.2) is 29.2 Å². The number of rotatable bonds is 11. The molecule has 1 aliphatic heterocycles. The first-order valence-corrected chi connectivity index (χ1v) is 12.4. The Morgan fingerprint density at radius 3 is 2.18 bits per heavy atom. The highest BCUT2D eigenvalue weighted by Crippen LogP contribution is 2.25. The van der Waals surface area contributed by atoms with Gasteiger partial charge < -0.3 is 19.1 Å². The van der Waals surface area contributed by atoms with Gasteiger partial charge in [0, 0.05) is 32.7 Å². The van der Waals surface area contributed by atoms with Gasteiger partial charge in [-0.15, -0.1) is 0 Å². The van der Waals surface area contributed by atoms with Gasteiger partial charge >= 0.3 is 11.9 Å². The monoisotopic (exact) mass is 484 g/mol. The fraction of sp³-hybridized carbons (Fsp3) is 0.591. The Hall–Kier alpha value is -2.50. The SMILES string of the molecule is CCOC(=O)CN(CCOC)C(=O)C1CCN(S(=O)(=O)c2ccc(C(=O)OCC)cc2)CC1. The van der Waals surface area contributed by atoms with Crippen molar-refractivity contribution in [1.82, 2.24) is 9.21 Å². The molecule has 33 heavy (non-hydrogen) atoms. The molecule has 0 saturated carbocycles. The van der Waals surface area contributed by atoms with Crippen molar-refractivity contribution in [2.45, 2.75) is 31.6 Å². The van der Waals surface area contributed by atoms with Gasteiger partial charge in [0.25, 0.3) is 0 Å². The van der Waals surface area contributed by atoms with Crippen molar-refractivity contribution in [3.63, 3.8) is 0 Å². The minimum absolute atomic E-state index is 0.0735. The third kappa shape index (κ3) is 7.24. The van der Waals surface area contributed by atoms with Gasteiger partial charge in [0.15, 0.2) is 0 Å². The summed E-state index contributed by atoms with van der Waals surface area (Å²) >= 11 is 0. The highest BCUT2D eigenvalue weighted by molar-refractivity contribution is 7.89. The van der Waals surface area contributed by atoms with Crippen LogP contribution in [0.5, 0.6) is 0 Å². The molecule has 0 aromatic heterocycles. The molecule has 2 rings (SSSR count). The Labute approximate surface area is 194 Å². The van der Waals surface area contributed by atoms with Crippen LogP contribution in [0.3, 0.4) is 0 Å². The summed E-state index contributed by atoms with van der Waals surface area (Å²) in [5.41, 5.74) is 0.276. The average Bonchev–Trinajstić information content (AvgIpc) is 2.81. The van der Waals surface area contributed by atoms with Gasteiger partial charge in [-0.25, -0.2) is 13.2 Å². The summed E-state index contributed by atoms with van der Waals surface area (Å²) < 4.78 is 42.2. The van der Waals surface area contributed by atoms with Crippen LogP contribution in [-0.2, 0) is 33.8 Å². The number of hydrogen-bond acceptors (Lipinski definition) is 8. The van der Waals surface area contributed by atoms with Crippen molar-refractivity contribution in [2.24, 2.45) is 5.92 Å². The van der Waals surface area contributed by atoms with Crippen LogP contribution in [-0.4, -0.2) is 88.6 Å². The lowest BCUT2D eigenvalue weighted by Gasteiger charge is -2.33. The molecule has 1 fully saturated rings. The molecule has 1 amide bonds. The van der Waals surface area contributed by atoms with Crippen molar-refractivity contribution >= 4 is 27.9 Å². The lowest BCUT2D eigenvalue weighted by atomic mass is 9.96. The molecule has 0 bridgehead atoms. The van der Waals surface area contributed by atoms with Gasteiger partial charge in [0.05, 0.1) is 30.3 Å². The zero-order valence-electron chi connectivity index (χ0n) is 19.3. The Balaban J connectivity index is 2.02. The van der Waals surface area contributed by atoms with E-state index in [2.05, 4.69) is 0 Å². The Bertz CT molecular complexity index is 909.